The Morgan fingerprint density at radius 3 is 2.87 bits per heavy atom. The van der Waals surface area contributed by atoms with Crippen LogP contribution in [0, 0.1) is 0 Å². The summed E-state index contributed by atoms with van der Waals surface area (Å²) in [6.45, 7) is 12.5. The molecule has 0 saturated carbocycles. The lowest BCUT2D eigenvalue weighted by Crippen LogP contribution is -2.42. The second-order valence-corrected chi connectivity index (χ2v) is 7.53. The number of allylic oxidation sites excluding steroid dienone is 4. The van der Waals surface area contributed by atoms with Crippen molar-refractivity contribution in [2.24, 2.45) is 0 Å². The van der Waals surface area contributed by atoms with E-state index >= 15 is 0 Å². The Kier molecular flexibility index (Phi) is 7.24. The zero-order valence-corrected chi connectivity index (χ0v) is 18.0. The molecular formula is C23H30N6O2. The summed E-state index contributed by atoms with van der Waals surface area (Å²) in [5.74, 6) is 0.717. The third kappa shape index (κ3) is 5.46. The molecule has 2 fully saturated rings. The van der Waals surface area contributed by atoms with Gasteiger partial charge in [-0.05, 0) is 24.6 Å². The normalized spacial score (nSPS) is 20.4. The van der Waals surface area contributed by atoms with Gasteiger partial charge in [0, 0.05) is 50.8 Å². The number of rotatable bonds is 7. The third-order valence-corrected chi connectivity index (χ3v) is 5.44. The molecule has 0 aliphatic carbocycles. The van der Waals surface area contributed by atoms with Crippen LogP contribution in [0.1, 0.15) is 12.6 Å². The van der Waals surface area contributed by atoms with Crippen molar-refractivity contribution in [3.63, 3.8) is 0 Å². The highest BCUT2D eigenvalue weighted by molar-refractivity contribution is 5.88. The number of ether oxygens (including phenoxy) is 2. The molecule has 0 radical (unpaired) electrons. The highest BCUT2D eigenvalue weighted by Gasteiger charge is 2.16. The molecule has 0 aromatic carbocycles. The van der Waals surface area contributed by atoms with Crippen LogP contribution in [0.25, 0.3) is 16.6 Å². The van der Waals surface area contributed by atoms with Crippen molar-refractivity contribution in [3.05, 3.63) is 54.7 Å². The molecule has 2 saturated heterocycles. The molecule has 2 aliphatic rings. The molecule has 4 heterocycles. The first kappa shape index (κ1) is 21.4. The Morgan fingerprint density at radius 2 is 2.10 bits per heavy atom. The van der Waals surface area contributed by atoms with Gasteiger partial charge in [0.05, 0.1) is 37.1 Å². The minimum Gasteiger partial charge on any atom is -0.378 e. The van der Waals surface area contributed by atoms with E-state index in [1.165, 1.54) is 0 Å². The van der Waals surface area contributed by atoms with Crippen LogP contribution in [0.2, 0.25) is 0 Å². The van der Waals surface area contributed by atoms with Gasteiger partial charge in [-0.3, -0.25) is 4.98 Å². The largest absolute Gasteiger partial charge is 0.378 e. The summed E-state index contributed by atoms with van der Waals surface area (Å²) >= 11 is 0. The van der Waals surface area contributed by atoms with Gasteiger partial charge in [0.15, 0.2) is 5.82 Å². The predicted molar refractivity (Wildman–Crippen MR) is 123 cm³/mol. The van der Waals surface area contributed by atoms with E-state index in [4.69, 9.17) is 14.5 Å². The van der Waals surface area contributed by atoms with Crippen molar-refractivity contribution in [1.29, 1.82) is 0 Å². The van der Waals surface area contributed by atoms with E-state index < -0.39 is 0 Å². The highest BCUT2D eigenvalue weighted by atomic mass is 16.5. The lowest BCUT2D eigenvalue weighted by atomic mass is 10.1. The number of pyridine rings is 1. The third-order valence-electron chi connectivity index (χ3n) is 5.44. The number of aromatic nitrogens is 3. The van der Waals surface area contributed by atoms with Gasteiger partial charge < -0.3 is 25.0 Å². The highest BCUT2D eigenvalue weighted by Crippen LogP contribution is 2.24. The number of anilines is 1. The minimum absolute atomic E-state index is 0.101. The van der Waals surface area contributed by atoms with Crippen LogP contribution in [0.4, 0.5) is 5.82 Å². The minimum atomic E-state index is 0.101. The monoisotopic (exact) mass is 422 g/mol. The molecule has 1 atom stereocenters. The summed E-state index contributed by atoms with van der Waals surface area (Å²) in [7, 11) is 0. The second-order valence-electron chi connectivity index (χ2n) is 7.53. The van der Waals surface area contributed by atoms with Gasteiger partial charge in [-0.2, -0.15) is 0 Å². The molecule has 0 bridgehead atoms. The lowest BCUT2D eigenvalue weighted by Gasteiger charge is -2.29. The SMILES string of the molecule is C=C(/C=C\C(=C/C)c1cc2nccnc2c(NCC2CNCCO2)n1)N1CCOCC1. The number of nitrogens with zero attached hydrogens (tertiary/aromatic N) is 4. The summed E-state index contributed by atoms with van der Waals surface area (Å²) in [6, 6.07) is 1.98. The van der Waals surface area contributed by atoms with Crippen molar-refractivity contribution in [1.82, 2.24) is 25.2 Å². The van der Waals surface area contributed by atoms with Crippen LogP contribution in [0.5, 0.6) is 0 Å². The number of hydrogen-bond acceptors (Lipinski definition) is 8. The molecule has 1 unspecified atom stereocenters. The van der Waals surface area contributed by atoms with E-state index in [0.717, 1.165) is 79.8 Å². The smallest absolute Gasteiger partial charge is 0.154 e. The summed E-state index contributed by atoms with van der Waals surface area (Å²) in [4.78, 5) is 16.1. The van der Waals surface area contributed by atoms with Gasteiger partial charge in [0.1, 0.15) is 5.52 Å². The molecule has 8 heteroatoms. The Morgan fingerprint density at radius 1 is 1.26 bits per heavy atom. The molecular weight excluding hydrogens is 392 g/mol. The Balaban J connectivity index is 1.55. The van der Waals surface area contributed by atoms with Crippen LogP contribution in [0.15, 0.2) is 49.0 Å². The molecule has 2 aliphatic heterocycles. The van der Waals surface area contributed by atoms with E-state index in [-0.39, 0.29) is 6.10 Å². The topological polar surface area (TPSA) is 84.4 Å². The summed E-state index contributed by atoms with van der Waals surface area (Å²) in [5.41, 5.74) is 4.38. The molecule has 4 rings (SSSR count). The number of morpholine rings is 2. The summed E-state index contributed by atoms with van der Waals surface area (Å²) < 4.78 is 11.2. The first-order chi connectivity index (χ1) is 15.2. The van der Waals surface area contributed by atoms with Crippen molar-refractivity contribution in [2.75, 3.05) is 57.9 Å². The maximum absolute atomic E-state index is 5.80. The van der Waals surface area contributed by atoms with Gasteiger partial charge in [-0.1, -0.05) is 18.7 Å². The zero-order valence-electron chi connectivity index (χ0n) is 18.0. The number of nitrogens with one attached hydrogen (secondary N) is 2. The quantitative estimate of drug-likeness (QED) is 0.657. The van der Waals surface area contributed by atoms with Gasteiger partial charge in [0.2, 0.25) is 0 Å². The fraction of sp³-hybridized carbons (Fsp3) is 0.435. The van der Waals surface area contributed by atoms with Crippen LogP contribution in [-0.4, -0.2) is 78.5 Å². The van der Waals surface area contributed by atoms with Gasteiger partial charge in [0.25, 0.3) is 0 Å². The van der Waals surface area contributed by atoms with Crippen molar-refractivity contribution in [3.8, 4) is 0 Å². The Bertz CT molecular complexity index is 962. The van der Waals surface area contributed by atoms with Crippen LogP contribution >= 0.6 is 0 Å². The second kappa shape index (κ2) is 10.5. The first-order valence-electron chi connectivity index (χ1n) is 10.8. The standard InChI is InChI=1S/C23H30N6O2/c1-3-18(5-4-17(2)29-9-12-30-13-10-29)20-14-21-22(26-7-6-25-21)23(28-20)27-16-19-15-24-8-11-31-19/h3-7,14,19,24H,2,8-13,15-16H2,1H3,(H,27,28)/b5-4-,18-3+. The summed E-state index contributed by atoms with van der Waals surface area (Å²) in [6.07, 6.45) is 9.64. The summed E-state index contributed by atoms with van der Waals surface area (Å²) in [5, 5.41) is 6.77. The predicted octanol–water partition coefficient (Wildman–Crippen LogP) is 2.23. The lowest BCUT2D eigenvalue weighted by molar-refractivity contribution is 0.0372. The fourth-order valence-electron chi connectivity index (χ4n) is 3.68. The van der Waals surface area contributed by atoms with E-state index in [1.54, 1.807) is 12.4 Å². The van der Waals surface area contributed by atoms with Crippen molar-refractivity contribution >= 4 is 22.4 Å². The molecule has 0 amide bonds. The fourth-order valence-corrected chi connectivity index (χ4v) is 3.68. The molecule has 31 heavy (non-hydrogen) atoms. The van der Waals surface area contributed by atoms with E-state index in [9.17, 15) is 0 Å². The van der Waals surface area contributed by atoms with E-state index in [0.29, 0.717) is 6.54 Å². The maximum atomic E-state index is 5.80. The van der Waals surface area contributed by atoms with Crippen molar-refractivity contribution < 1.29 is 9.47 Å². The number of fused-ring (bicyclic) bond motifs is 1. The average molecular weight is 423 g/mol. The van der Waals surface area contributed by atoms with Gasteiger partial charge in [-0.25, -0.2) is 9.97 Å². The molecule has 2 N–H and O–H groups in total. The van der Waals surface area contributed by atoms with Gasteiger partial charge >= 0.3 is 0 Å². The molecule has 8 nitrogen and oxygen atoms in total. The zero-order chi connectivity index (χ0) is 21.5. The van der Waals surface area contributed by atoms with E-state index in [1.807, 2.05) is 25.1 Å². The van der Waals surface area contributed by atoms with Crippen LogP contribution in [-0.2, 0) is 9.47 Å². The molecule has 2 aromatic rings. The Hall–Kier alpha value is -2.81. The molecule has 0 spiro atoms. The van der Waals surface area contributed by atoms with Crippen molar-refractivity contribution in [2.45, 2.75) is 13.0 Å². The maximum Gasteiger partial charge on any atom is 0.154 e. The number of hydrogen-bond donors (Lipinski definition) is 2. The first-order valence-corrected chi connectivity index (χ1v) is 10.8. The molecule has 2 aromatic heterocycles. The van der Waals surface area contributed by atoms with Crippen LogP contribution < -0.4 is 10.6 Å². The van der Waals surface area contributed by atoms with E-state index in [2.05, 4.69) is 38.2 Å². The average Bonchev–Trinajstić information content (AvgIpc) is 2.84. The molecule has 164 valence electrons. The van der Waals surface area contributed by atoms with Crippen LogP contribution in [0.3, 0.4) is 0 Å². The van der Waals surface area contributed by atoms with Gasteiger partial charge in [-0.15, -0.1) is 0 Å². The Labute approximate surface area is 183 Å².